The first-order chi connectivity index (χ1) is 5.34. The van der Waals surface area contributed by atoms with Crippen LogP contribution in [-0.2, 0) is 9.53 Å². The Bertz CT molecular complexity index is 134. The summed E-state index contributed by atoms with van der Waals surface area (Å²) in [5.41, 5.74) is 0. The van der Waals surface area contributed by atoms with Crippen LogP contribution in [0.3, 0.4) is 0 Å². The van der Waals surface area contributed by atoms with E-state index >= 15 is 0 Å². The van der Waals surface area contributed by atoms with Crippen LogP contribution in [0.1, 0.15) is 13.3 Å². The van der Waals surface area contributed by atoms with Gasteiger partial charge in [-0.3, -0.25) is 5.32 Å². The van der Waals surface area contributed by atoms with Gasteiger partial charge < -0.3 is 4.74 Å². The van der Waals surface area contributed by atoms with Crippen LogP contribution < -0.4 is 5.32 Å². The number of carbonyl (C=O) groups is 1. The zero-order chi connectivity index (χ0) is 8.10. The molecule has 11 heavy (non-hydrogen) atoms. The number of rotatable bonds is 3. The lowest BCUT2D eigenvalue weighted by molar-refractivity contribution is -0.143. The van der Waals surface area contributed by atoms with Gasteiger partial charge in [0.2, 0.25) is 0 Å². The number of thioether (sulfide) groups is 1. The Hall–Kier alpha value is -0.220. The highest BCUT2D eigenvalue weighted by molar-refractivity contribution is 8.00. The van der Waals surface area contributed by atoms with Gasteiger partial charge in [0.05, 0.1) is 6.61 Å². The van der Waals surface area contributed by atoms with Crippen molar-refractivity contribution in [2.45, 2.75) is 18.7 Å². The molecule has 4 heteroatoms. The van der Waals surface area contributed by atoms with Crippen molar-refractivity contribution >= 4 is 17.7 Å². The minimum absolute atomic E-state index is 0.110. The minimum Gasteiger partial charge on any atom is -0.464 e. The molecule has 1 fully saturated rings. The summed E-state index contributed by atoms with van der Waals surface area (Å²) in [6.07, 6.45) is 0.892. The fourth-order valence-corrected chi connectivity index (χ4v) is 1.77. The molecule has 0 radical (unpaired) electrons. The van der Waals surface area contributed by atoms with E-state index in [4.69, 9.17) is 4.74 Å². The summed E-state index contributed by atoms with van der Waals surface area (Å²) in [7, 11) is 0. The monoisotopic (exact) mass is 175 g/mol. The Labute approximate surface area is 70.9 Å². The molecule has 64 valence electrons. The Morgan fingerprint density at radius 3 is 3.18 bits per heavy atom. The van der Waals surface area contributed by atoms with E-state index in [0.717, 1.165) is 18.7 Å². The maximum Gasteiger partial charge on any atom is 0.333 e. The molecule has 0 aromatic carbocycles. The van der Waals surface area contributed by atoms with Crippen LogP contribution in [-0.4, -0.2) is 30.2 Å². The van der Waals surface area contributed by atoms with Gasteiger partial charge in [0, 0.05) is 12.3 Å². The molecule has 0 saturated carbocycles. The van der Waals surface area contributed by atoms with Crippen molar-refractivity contribution in [3.63, 3.8) is 0 Å². The van der Waals surface area contributed by atoms with E-state index in [-0.39, 0.29) is 11.3 Å². The molecular formula is C7H13NO2S. The topological polar surface area (TPSA) is 38.3 Å². The van der Waals surface area contributed by atoms with Gasteiger partial charge >= 0.3 is 5.97 Å². The second-order valence-electron chi connectivity index (χ2n) is 2.37. The number of esters is 1. The number of hydrogen-bond donors (Lipinski definition) is 1. The molecule has 1 rings (SSSR count). The van der Waals surface area contributed by atoms with Gasteiger partial charge in [-0.05, 0) is 6.42 Å². The fourth-order valence-electron chi connectivity index (χ4n) is 0.855. The van der Waals surface area contributed by atoms with Crippen molar-refractivity contribution in [1.82, 2.24) is 5.32 Å². The second kappa shape index (κ2) is 4.62. The van der Waals surface area contributed by atoms with Crippen LogP contribution in [0.2, 0.25) is 0 Å². The molecule has 0 aromatic heterocycles. The molecule has 0 aromatic rings. The van der Waals surface area contributed by atoms with Crippen LogP contribution in [0.4, 0.5) is 0 Å². The Morgan fingerprint density at radius 2 is 2.64 bits per heavy atom. The highest BCUT2D eigenvalue weighted by Gasteiger charge is 2.23. The molecule has 1 N–H and O–H groups in total. The normalized spacial score (nSPS) is 23.5. The van der Waals surface area contributed by atoms with E-state index in [1.54, 1.807) is 11.8 Å². The average Bonchev–Trinajstić information content (AvgIpc) is 2.52. The van der Waals surface area contributed by atoms with Crippen molar-refractivity contribution in [3.05, 3.63) is 0 Å². The second-order valence-corrected chi connectivity index (χ2v) is 3.59. The van der Waals surface area contributed by atoms with Gasteiger partial charge in [-0.1, -0.05) is 6.92 Å². The number of carbonyl (C=O) groups excluding carboxylic acids is 1. The van der Waals surface area contributed by atoms with Gasteiger partial charge in [-0.15, -0.1) is 11.8 Å². The van der Waals surface area contributed by atoms with Crippen molar-refractivity contribution in [2.24, 2.45) is 0 Å². The minimum atomic E-state index is -0.116. The maximum atomic E-state index is 11.1. The van der Waals surface area contributed by atoms with Crippen molar-refractivity contribution < 1.29 is 9.53 Å². The zero-order valence-electron chi connectivity index (χ0n) is 6.63. The van der Waals surface area contributed by atoms with Crippen molar-refractivity contribution in [3.8, 4) is 0 Å². The molecule has 1 aliphatic heterocycles. The van der Waals surface area contributed by atoms with E-state index < -0.39 is 0 Å². The molecular weight excluding hydrogens is 162 g/mol. The molecule has 1 atom stereocenters. The van der Waals surface area contributed by atoms with E-state index in [1.807, 2.05) is 6.92 Å². The molecule has 0 aliphatic carbocycles. The molecule has 0 spiro atoms. The van der Waals surface area contributed by atoms with Gasteiger partial charge in [-0.2, -0.15) is 0 Å². The predicted octanol–water partition coefficient (Wildman–Crippen LogP) is 0.602. The standard InChI is InChI=1S/C7H13NO2S/c1-2-4-10-7(9)6-8-3-5-11-6/h6,8H,2-5H2,1H3. The first kappa shape index (κ1) is 8.87. The van der Waals surface area contributed by atoms with E-state index in [2.05, 4.69) is 5.32 Å². The Balaban J connectivity index is 2.17. The van der Waals surface area contributed by atoms with Crippen LogP contribution >= 0.6 is 11.8 Å². The molecule has 0 bridgehead atoms. The third-order valence-electron chi connectivity index (χ3n) is 1.38. The van der Waals surface area contributed by atoms with Gasteiger partial charge in [0.1, 0.15) is 0 Å². The van der Waals surface area contributed by atoms with Crippen LogP contribution in [0, 0.1) is 0 Å². The van der Waals surface area contributed by atoms with E-state index in [1.165, 1.54) is 0 Å². The maximum absolute atomic E-state index is 11.1. The third-order valence-corrected chi connectivity index (χ3v) is 2.51. The number of ether oxygens (including phenoxy) is 1. The summed E-state index contributed by atoms with van der Waals surface area (Å²) in [5, 5.41) is 2.94. The van der Waals surface area contributed by atoms with Crippen LogP contribution in [0.25, 0.3) is 0 Å². The van der Waals surface area contributed by atoms with Gasteiger partial charge in [0.25, 0.3) is 0 Å². The number of hydrogen-bond acceptors (Lipinski definition) is 4. The van der Waals surface area contributed by atoms with Crippen molar-refractivity contribution in [1.29, 1.82) is 0 Å². The van der Waals surface area contributed by atoms with E-state index in [0.29, 0.717) is 6.61 Å². The first-order valence-electron chi connectivity index (χ1n) is 3.86. The highest BCUT2D eigenvalue weighted by atomic mass is 32.2. The first-order valence-corrected chi connectivity index (χ1v) is 4.91. The van der Waals surface area contributed by atoms with Crippen LogP contribution in [0.15, 0.2) is 0 Å². The van der Waals surface area contributed by atoms with Crippen LogP contribution in [0.5, 0.6) is 0 Å². The molecule has 1 heterocycles. The molecule has 3 nitrogen and oxygen atoms in total. The fraction of sp³-hybridized carbons (Fsp3) is 0.857. The lowest BCUT2D eigenvalue weighted by atomic mass is 10.5. The summed E-state index contributed by atoms with van der Waals surface area (Å²) >= 11 is 1.62. The largest absolute Gasteiger partial charge is 0.464 e. The van der Waals surface area contributed by atoms with Crippen molar-refractivity contribution in [2.75, 3.05) is 18.9 Å². The van der Waals surface area contributed by atoms with Gasteiger partial charge in [0.15, 0.2) is 5.37 Å². The molecule has 1 aliphatic rings. The molecule has 1 saturated heterocycles. The summed E-state index contributed by atoms with van der Waals surface area (Å²) < 4.78 is 4.95. The Kier molecular flexibility index (Phi) is 3.72. The van der Waals surface area contributed by atoms with E-state index in [9.17, 15) is 4.79 Å². The summed E-state index contributed by atoms with van der Waals surface area (Å²) in [5.74, 6) is 0.890. The lowest BCUT2D eigenvalue weighted by Crippen LogP contribution is -2.30. The summed E-state index contributed by atoms with van der Waals surface area (Å²) in [6, 6.07) is 0. The molecule has 1 unspecified atom stereocenters. The average molecular weight is 175 g/mol. The quantitative estimate of drug-likeness (QED) is 0.638. The highest BCUT2D eigenvalue weighted by Crippen LogP contribution is 2.14. The summed E-state index contributed by atoms with van der Waals surface area (Å²) in [6.45, 7) is 3.44. The smallest absolute Gasteiger partial charge is 0.333 e. The lowest BCUT2D eigenvalue weighted by Gasteiger charge is -2.07. The SMILES string of the molecule is CCCOC(=O)C1NCCS1. The van der Waals surface area contributed by atoms with Gasteiger partial charge in [-0.25, -0.2) is 4.79 Å². The Morgan fingerprint density at radius 1 is 1.82 bits per heavy atom. The summed E-state index contributed by atoms with van der Waals surface area (Å²) in [4.78, 5) is 11.1. The zero-order valence-corrected chi connectivity index (χ0v) is 7.45. The number of nitrogens with one attached hydrogen (secondary N) is 1. The molecule has 0 amide bonds. The third kappa shape index (κ3) is 2.71. The predicted molar refractivity (Wildman–Crippen MR) is 45.5 cm³/mol.